The van der Waals surface area contributed by atoms with Crippen molar-refractivity contribution < 1.29 is 13.2 Å². The predicted molar refractivity (Wildman–Crippen MR) is 58.0 cm³/mol. The molecule has 6 nitrogen and oxygen atoms in total. The summed E-state index contributed by atoms with van der Waals surface area (Å²) >= 11 is 0.852. The number of rotatable bonds is 4. The summed E-state index contributed by atoms with van der Waals surface area (Å²) in [5.41, 5.74) is 4.91. The molecule has 16 heavy (non-hydrogen) atoms. The molecule has 86 valence electrons. The summed E-state index contributed by atoms with van der Waals surface area (Å²) in [6, 6.07) is 4.58. The van der Waals surface area contributed by atoms with E-state index in [1.165, 1.54) is 19.2 Å². The highest BCUT2D eigenvalue weighted by molar-refractivity contribution is 7.91. The third-order valence-electron chi connectivity index (χ3n) is 1.73. The highest BCUT2D eigenvalue weighted by atomic mass is 32.2. The Morgan fingerprint density at radius 3 is 2.69 bits per heavy atom. The number of nitrogens with two attached hydrogens (primary N) is 1. The number of primary amides is 1. The van der Waals surface area contributed by atoms with Gasteiger partial charge in [0, 0.05) is 7.05 Å². The van der Waals surface area contributed by atoms with Crippen LogP contribution in [0, 0.1) is 11.3 Å². The third kappa shape index (κ3) is 2.57. The standard InChI is InChI=1S/C8H9N3O3S2/c1-11(5-7(10)12)16(13,14)8-3-2-6(4-9)15-8/h2-3H,5H2,1H3,(H2,10,12). The molecule has 1 heterocycles. The molecule has 8 heteroatoms. The van der Waals surface area contributed by atoms with E-state index in [1.54, 1.807) is 0 Å². The molecule has 0 atom stereocenters. The normalized spacial score (nSPS) is 11.3. The van der Waals surface area contributed by atoms with Crippen LogP contribution in [-0.2, 0) is 14.8 Å². The van der Waals surface area contributed by atoms with Crippen LogP contribution in [0.15, 0.2) is 16.3 Å². The number of hydrogen-bond acceptors (Lipinski definition) is 5. The van der Waals surface area contributed by atoms with E-state index in [1.807, 2.05) is 6.07 Å². The molecular formula is C8H9N3O3S2. The minimum Gasteiger partial charge on any atom is -0.369 e. The van der Waals surface area contributed by atoms with Gasteiger partial charge in [0.15, 0.2) is 0 Å². The first kappa shape index (κ1) is 12.6. The number of carbonyl (C=O) groups is 1. The summed E-state index contributed by atoms with van der Waals surface area (Å²) in [5.74, 6) is -0.733. The molecule has 0 saturated carbocycles. The van der Waals surface area contributed by atoms with Gasteiger partial charge in [0.2, 0.25) is 5.91 Å². The van der Waals surface area contributed by atoms with Crippen LogP contribution in [0.25, 0.3) is 0 Å². The molecule has 0 aliphatic heterocycles. The van der Waals surface area contributed by atoms with Crippen LogP contribution in [0.5, 0.6) is 0 Å². The van der Waals surface area contributed by atoms with E-state index in [2.05, 4.69) is 0 Å². The fraction of sp³-hybridized carbons (Fsp3) is 0.250. The number of thiophene rings is 1. The van der Waals surface area contributed by atoms with Crippen LogP contribution in [0.3, 0.4) is 0 Å². The Hall–Kier alpha value is -1.43. The lowest BCUT2D eigenvalue weighted by Gasteiger charge is -2.13. The molecule has 0 aliphatic rings. The summed E-state index contributed by atoms with van der Waals surface area (Å²) in [6.45, 7) is -0.387. The topological polar surface area (TPSA) is 104 Å². The molecule has 0 aromatic carbocycles. The van der Waals surface area contributed by atoms with E-state index in [0.29, 0.717) is 4.88 Å². The first-order valence-electron chi connectivity index (χ1n) is 4.12. The SMILES string of the molecule is CN(CC(N)=O)S(=O)(=O)c1ccc(C#N)s1. The highest BCUT2D eigenvalue weighted by Gasteiger charge is 2.23. The first-order chi connectivity index (χ1) is 7.37. The van der Waals surface area contributed by atoms with Crippen LogP contribution in [0.4, 0.5) is 0 Å². The minimum atomic E-state index is -3.72. The molecular weight excluding hydrogens is 250 g/mol. The van der Waals surface area contributed by atoms with Gasteiger partial charge in [-0.15, -0.1) is 11.3 Å². The van der Waals surface area contributed by atoms with E-state index in [-0.39, 0.29) is 10.8 Å². The van der Waals surface area contributed by atoms with Crippen molar-refractivity contribution in [3.05, 3.63) is 17.0 Å². The van der Waals surface area contributed by atoms with Gasteiger partial charge in [0.25, 0.3) is 10.0 Å². The highest BCUT2D eigenvalue weighted by Crippen LogP contribution is 2.23. The molecule has 2 N–H and O–H groups in total. The molecule has 1 amide bonds. The van der Waals surface area contributed by atoms with Gasteiger partial charge in [0.05, 0.1) is 6.54 Å². The average Bonchev–Trinajstić information content (AvgIpc) is 2.65. The monoisotopic (exact) mass is 259 g/mol. The summed E-state index contributed by atoms with van der Waals surface area (Å²) in [5, 5.41) is 8.58. The Kier molecular flexibility index (Phi) is 3.64. The number of nitriles is 1. The Balaban J connectivity index is 3.03. The summed E-state index contributed by atoms with van der Waals surface area (Å²) in [6.07, 6.45) is 0. The van der Waals surface area contributed by atoms with Gasteiger partial charge in [-0.2, -0.15) is 9.57 Å². The van der Waals surface area contributed by atoms with Crippen molar-refractivity contribution in [1.82, 2.24) is 4.31 Å². The van der Waals surface area contributed by atoms with Crippen molar-refractivity contribution in [3.8, 4) is 6.07 Å². The molecule has 0 unspecified atom stereocenters. The molecule has 1 aromatic heterocycles. The third-order valence-corrected chi connectivity index (χ3v) is 5.00. The fourth-order valence-corrected chi connectivity index (χ4v) is 3.43. The fourth-order valence-electron chi connectivity index (χ4n) is 0.977. The van der Waals surface area contributed by atoms with Gasteiger partial charge in [-0.05, 0) is 12.1 Å². The molecule has 1 aromatic rings. The summed E-state index contributed by atoms with van der Waals surface area (Å²) in [7, 11) is -2.47. The van der Waals surface area contributed by atoms with Crippen LogP contribution in [0.2, 0.25) is 0 Å². The van der Waals surface area contributed by atoms with Crippen molar-refractivity contribution in [3.63, 3.8) is 0 Å². The van der Waals surface area contributed by atoms with Gasteiger partial charge in [-0.25, -0.2) is 8.42 Å². The largest absolute Gasteiger partial charge is 0.369 e. The molecule has 0 radical (unpaired) electrons. The zero-order valence-electron chi connectivity index (χ0n) is 8.37. The molecule has 0 aliphatic carbocycles. The minimum absolute atomic E-state index is 0.0211. The Bertz CT molecular complexity index is 541. The maximum atomic E-state index is 11.8. The Morgan fingerprint density at radius 2 is 2.25 bits per heavy atom. The lowest BCUT2D eigenvalue weighted by atomic mass is 10.5. The molecule has 1 rings (SSSR count). The van der Waals surface area contributed by atoms with Gasteiger partial charge < -0.3 is 5.73 Å². The number of likely N-dealkylation sites (N-methyl/N-ethyl adjacent to an activating group) is 1. The van der Waals surface area contributed by atoms with Crippen molar-refractivity contribution in [2.24, 2.45) is 5.73 Å². The number of carbonyl (C=O) groups excluding carboxylic acids is 1. The van der Waals surface area contributed by atoms with Gasteiger partial charge in [-0.3, -0.25) is 4.79 Å². The maximum Gasteiger partial charge on any atom is 0.252 e. The zero-order chi connectivity index (χ0) is 12.3. The second kappa shape index (κ2) is 4.61. The Morgan fingerprint density at radius 1 is 1.62 bits per heavy atom. The van der Waals surface area contributed by atoms with Crippen LogP contribution < -0.4 is 5.73 Å². The van der Waals surface area contributed by atoms with E-state index in [0.717, 1.165) is 15.6 Å². The van der Waals surface area contributed by atoms with Crippen LogP contribution in [0.1, 0.15) is 4.88 Å². The smallest absolute Gasteiger partial charge is 0.252 e. The van der Waals surface area contributed by atoms with E-state index >= 15 is 0 Å². The molecule has 0 fully saturated rings. The van der Waals surface area contributed by atoms with Gasteiger partial charge in [-0.1, -0.05) is 0 Å². The second-order valence-electron chi connectivity index (χ2n) is 2.96. The summed E-state index contributed by atoms with van der Waals surface area (Å²) < 4.78 is 24.5. The Labute approximate surface area is 96.9 Å². The number of amides is 1. The summed E-state index contributed by atoms with van der Waals surface area (Å²) in [4.78, 5) is 10.9. The van der Waals surface area contributed by atoms with Gasteiger partial charge in [0.1, 0.15) is 15.2 Å². The van der Waals surface area contributed by atoms with Crippen LogP contribution in [-0.4, -0.2) is 32.2 Å². The number of hydrogen-bond donors (Lipinski definition) is 1. The average molecular weight is 259 g/mol. The lowest BCUT2D eigenvalue weighted by Crippen LogP contribution is -2.34. The molecule has 0 spiro atoms. The van der Waals surface area contributed by atoms with Crippen molar-refractivity contribution in [2.75, 3.05) is 13.6 Å². The predicted octanol–water partition coefficient (Wildman–Crippen LogP) is -0.274. The van der Waals surface area contributed by atoms with Crippen molar-refractivity contribution >= 4 is 27.3 Å². The number of nitrogens with zero attached hydrogens (tertiary/aromatic N) is 2. The number of sulfonamides is 1. The second-order valence-corrected chi connectivity index (χ2v) is 6.31. The van der Waals surface area contributed by atoms with E-state index in [9.17, 15) is 13.2 Å². The van der Waals surface area contributed by atoms with Crippen molar-refractivity contribution in [2.45, 2.75) is 4.21 Å². The zero-order valence-corrected chi connectivity index (χ0v) is 10.0. The van der Waals surface area contributed by atoms with E-state index in [4.69, 9.17) is 11.0 Å². The van der Waals surface area contributed by atoms with Crippen molar-refractivity contribution in [1.29, 1.82) is 5.26 Å². The van der Waals surface area contributed by atoms with Crippen LogP contribution >= 0.6 is 11.3 Å². The van der Waals surface area contributed by atoms with Gasteiger partial charge >= 0.3 is 0 Å². The quantitative estimate of drug-likeness (QED) is 0.803. The lowest BCUT2D eigenvalue weighted by molar-refractivity contribution is -0.118. The maximum absolute atomic E-state index is 11.8. The molecule has 0 bridgehead atoms. The van der Waals surface area contributed by atoms with E-state index < -0.39 is 15.9 Å². The first-order valence-corrected chi connectivity index (χ1v) is 6.38. The molecule has 0 saturated heterocycles.